The van der Waals surface area contributed by atoms with E-state index in [1.165, 1.54) is 10.8 Å². The van der Waals surface area contributed by atoms with Crippen molar-refractivity contribution in [2.75, 3.05) is 56.2 Å². The molecule has 0 saturated carbocycles. The number of hydrogen-bond acceptors (Lipinski definition) is 10. The van der Waals surface area contributed by atoms with E-state index in [2.05, 4.69) is 62.4 Å². The van der Waals surface area contributed by atoms with Gasteiger partial charge in [0.15, 0.2) is 0 Å². The van der Waals surface area contributed by atoms with Gasteiger partial charge in [0.1, 0.15) is 12.4 Å². The Kier molecular flexibility index (Phi) is 8.91. The number of piperazine rings is 1. The van der Waals surface area contributed by atoms with Gasteiger partial charge in [0, 0.05) is 61.1 Å². The third kappa shape index (κ3) is 6.46. The molecule has 0 N–H and O–H groups in total. The lowest BCUT2D eigenvalue weighted by atomic mass is 10.0. The zero-order valence-corrected chi connectivity index (χ0v) is 27.1. The summed E-state index contributed by atoms with van der Waals surface area (Å²) in [6.45, 7) is 4.44. The Bertz CT molecular complexity index is 1820. The molecule has 12 nitrogen and oxygen atoms in total. The monoisotopic (exact) mass is 652 g/mol. The Balaban J connectivity index is 1.18. The molecule has 1 amide bonds. The Morgan fingerprint density at radius 3 is 2.77 bits per heavy atom. The van der Waals surface area contributed by atoms with Crippen molar-refractivity contribution in [3.63, 3.8) is 0 Å². The van der Waals surface area contributed by atoms with E-state index < -0.39 is 0 Å². The summed E-state index contributed by atoms with van der Waals surface area (Å²) in [5, 5.41) is 20.2. The van der Waals surface area contributed by atoms with Gasteiger partial charge in [-0.3, -0.25) is 4.79 Å². The van der Waals surface area contributed by atoms with Crippen LogP contribution in [0.5, 0.6) is 6.01 Å². The van der Waals surface area contributed by atoms with Crippen LogP contribution in [0.2, 0.25) is 5.02 Å². The van der Waals surface area contributed by atoms with Gasteiger partial charge in [0.05, 0.1) is 48.2 Å². The number of nitrogens with zero attached hydrogens (tertiary/aromatic N) is 10. The van der Waals surface area contributed by atoms with Gasteiger partial charge in [0.25, 0.3) is 0 Å². The van der Waals surface area contributed by atoms with Gasteiger partial charge in [-0.05, 0) is 50.4 Å². The molecule has 0 unspecified atom stereocenters. The van der Waals surface area contributed by atoms with Gasteiger partial charge in [-0.15, -0.1) is 5.10 Å². The van der Waals surface area contributed by atoms with E-state index in [-0.39, 0.29) is 18.4 Å². The van der Waals surface area contributed by atoms with Crippen molar-refractivity contribution in [1.82, 2.24) is 34.8 Å². The van der Waals surface area contributed by atoms with Crippen molar-refractivity contribution in [3.05, 3.63) is 71.1 Å². The maximum atomic E-state index is 13.2. The molecule has 2 aromatic heterocycles. The van der Waals surface area contributed by atoms with Crippen molar-refractivity contribution < 1.29 is 9.53 Å². The number of ether oxygens (including phenoxy) is 1. The molecule has 2 saturated heterocycles. The zero-order valence-electron chi connectivity index (χ0n) is 26.4. The van der Waals surface area contributed by atoms with E-state index in [0.29, 0.717) is 44.8 Å². The average Bonchev–Trinajstić information content (AvgIpc) is 3.77. The molecule has 47 heavy (non-hydrogen) atoms. The molecule has 2 atom stereocenters. The Morgan fingerprint density at radius 1 is 1.11 bits per heavy atom. The summed E-state index contributed by atoms with van der Waals surface area (Å²) in [6, 6.07) is 14.9. The molecule has 7 rings (SSSR count). The standard InChI is InChI=1S/C34H37ClN10O2/c1-41-15-4-7-26(41)23-47-34-38-29-22-42(30-9-3-6-24-5-2-8-28(35)32(24)30)16-11-27(29)33(39-34)43-19-20-45(25(21-43)10-13-36)31(46)12-17-44-18-14-37-40-44/h2-3,5-6,8-9,12,14,17-18,25-26H,4,7,10-11,15-16,19-23H2,1H3/b17-12+/t25-,26-/m0/s1. The molecular weight excluding hydrogens is 616 g/mol. The molecule has 0 spiro atoms. The number of halogens is 1. The summed E-state index contributed by atoms with van der Waals surface area (Å²) in [4.78, 5) is 31.8. The zero-order chi connectivity index (χ0) is 32.3. The molecule has 3 aliphatic rings. The van der Waals surface area contributed by atoms with E-state index in [1.807, 2.05) is 12.1 Å². The Morgan fingerprint density at radius 2 is 1.98 bits per heavy atom. The fourth-order valence-corrected chi connectivity index (χ4v) is 7.25. The molecule has 3 aliphatic heterocycles. The fraction of sp³-hybridized carbons (Fsp3) is 0.412. The number of nitriles is 1. The topological polar surface area (TPSA) is 120 Å². The Labute approximate surface area is 278 Å². The lowest BCUT2D eigenvalue weighted by Crippen LogP contribution is -2.55. The molecule has 13 heteroatoms. The van der Waals surface area contributed by atoms with Crippen molar-refractivity contribution >= 4 is 46.0 Å². The quantitative estimate of drug-likeness (QED) is 0.258. The molecule has 0 radical (unpaired) electrons. The van der Waals surface area contributed by atoms with Crippen LogP contribution in [0, 0.1) is 11.3 Å². The number of amides is 1. The second kappa shape index (κ2) is 13.6. The smallest absolute Gasteiger partial charge is 0.318 e. The van der Waals surface area contributed by atoms with E-state index in [1.54, 1.807) is 23.5 Å². The van der Waals surface area contributed by atoms with Crippen molar-refractivity contribution in [1.29, 1.82) is 5.26 Å². The first kappa shape index (κ1) is 30.9. The SMILES string of the molecule is CN1CCC[C@H]1COc1nc2c(c(N3CCN(C(=O)/C=C/n4ccnn4)[C@@H](CC#N)C3)n1)CCN(c1cccc3cccc(Cl)c13)C2. The molecule has 2 aromatic carbocycles. The lowest BCUT2D eigenvalue weighted by molar-refractivity contribution is -0.128. The fourth-order valence-electron chi connectivity index (χ4n) is 6.97. The number of aromatic nitrogens is 5. The predicted octanol–water partition coefficient (Wildman–Crippen LogP) is 4.01. The highest BCUT2D eigenvalue weighted by Gasteiger charge is 2.34. The lowest BCUT2D eigenvalue weighted by Gasteiger charge is -2.42. The van der Waals surface area contributed by atoms with Crippen LogP contribution in [0.3, 0.4) is 0 Å². The molecule has 4 aromatic rings. The second-order valence-corrected chi connectivity index (χ2v) is 12.7. The number of fused-ring (bicyclic) bond motifs is 2. The normalized spacial score (nSPS) is 20.1. The highest BCUT2D eigenvalue weighted by molar-refractivity contribution is 6.36. The third-order valence-corrected chi connectivity index (χ3v) is 9.79. The molecule has 0 aliphatic carbocycles. The van der Waals surface area contributed by atoms with Gasteiger partial charge in [0.2, 0.25) is 5.91 Å². The van der Waals surface area contributed by atoms with Gasteiger partial charge in [-0.2, -0.15) is 15.2 Å². The number of likely N-dealkylation sites (tertiary alicyclic amines) is 1. The predicted molar refractivity (Wildman–Crippen MR) is 180 cm³/mol. The molecule has 242 valence electrons. The summed E-state index contributed by atoms with van der Waals surface area (Å²) in [5.41, 5.74) is 3.08. The number of carbonyl (C=O) groups is 1. The first-order valence-electron chi connectivity index (χ1n) is 16.1. The van der Waals surface area contributed by atoms with E-state index >= 15 is 0 Å². The minimum atomic E-state index is -0.304. The maximum absolute atomic E-state index is 13.2. The van der Waals surface area contributed by atoms with Crippen LogP contribution in [-0.2, 0) is 17.8 Å². The van der Waals surface area contributed by atoms with Crippen molar-refractivity contribution in [3.8, 4) is 12.1 Å². The first-order chi connectivity index (χ1) is 23.0. The average molecular weight is 653 g/mol. The van der Waals surface area contributed by atoms with Gasteiger partial charge in [-0.25, -0.2) is 4.68 Å². The number of rotatable bonds is 8. The highest BCUT2D eigenvalue weighted by Crippen LogP contribution is 2.37. The van der Waals surface area contributed by atoms with Crippen LogP contribution in [-0.4, -0.2) is 99.1 Å². The summed E-state index contributed by atoms with van der Waals surface area (Å²) >= 11 is 6.72. The van der Waals surface area contributed by atoms with Crippen LogP contribution < -0.4 is 14.5 Å². The molecule has 0 bridgehead atoms. The minimum Gasteiger partial charge on any atom is -0.462 e. The van der Waals surface area contributed by atoms with Crippen LogP contribution in [0.1, 0.15) is 30.5 Å². The van der Waals surface area contributed by atoms with Gasteiger partial charge in [-0.1, -0.05) is 41.1 Å². The number of hydrogen-bond donors (Lipinski definition) is 0. The first-order valence-corrected chi connectivity index (χ1v) is 16.5. The third-order valence-electron chi connectivity index (χ3n) is 9.47. The number of anilines is 2. The largest absolute Gasteiger partial charge is 0.462 e. The van der Waals surface area contributed by atoms with E-state index in [9.17, 15) is 10.1 Å². The summed E-state index contributed by atoms with van der Waals surface area (Å²) in [6.07, 6.45) is 9.44. The molecule has 2 fully saturated rings. The molecule has 5 heterocycles. The van der Waals surface area contributed by atoms with E-state index in [0.717, 1.165) is 70.9 Å². The summed E-state index contributed by atoms with van der Waals surface area (Å²) < 4.78 is 7.79. The highest BCUT2D eigenvalue weighted by atomic mass is 35.5. The number of carbonyl (C=O) groups excluding carboxylic acids is 1. The van der Waals surface area contributed by atoms with Crippen LogP contribution in [0.4, 0.5) is 11.5 Å². The summed E-state index contributed by atoms with van der Waals surface area (Å²) in [7, 11) is 2.13. The van der Waals surface area contributed by atoms with Crippen LogP contribution in [0.15, 0.2) is 54.9 Å². The number of likely N-dealkylation sites (N-methyl/N-ethyl adjacent to an activating group) is 1. The van der Waals surface area contributed by atoms with Crippen LogP contribution >= 0.6 is 11.6 Å². The van der Waals surface area contributed by atoms with Gasteiger partial charge < -0.3 is 24.3 Å². The van der Waals surface area contributed by atoms with Crippen LogP contribution in [0.25, 0.3) is 17.0 Å². The Hall–Kier alpha value is -4.73. The van der Waals surface area contributed by atoms with Crippen molar-refractivity contribution in [2.24, 2.45) is 0 Å². The minimum absolute atomic E-state index is 0.167. The summed E-state index contributed by atoms with van der Waals surface area (Å²) in [5.74, 6) is 0.660. The van der Waals surface area contributed by atoms with E-state index in [4.69, 9.17) is 26.3 Å². The second-order valence-electron chi connectivity index (χ2n) is 12.3. The van der Waals surface area contributed by atoms with Gasteiger partial charge >= 0.3 is 6.01 Å². The molecular formula is C34H37ClN10O2. The maximum Gasteiger partial charge on any atom is 0.318 e. The number of benzene rings is 2. The van der Waals surface area contributed by atoms with Crippen molar-refractivity contribution in [2.45, 2.75) is 44.3 Å².